The summed E-state index contributed by atoms with van der Waals surface area (Å²) in [5, 5.41) is 9.36. The minimum absolute atomic E-state index is 0.0925. The molecule has 0 saturated carbocycles. The van der Waals surface area contributed by atoms with Crippen LogP contribution in [0.1, 0.15) is 24.2 Å². The van der Waals surface area contributed by atoms with Gasteiger partial charge in [0.05, 0.1) is 10.6 Å². The zero-order chi connectivity index (χ0) is 14.7. The Kier molecular flexibility index (Phi) is 4.73. The molecule has 2 aromatic rings. The first-order valence-electron chi connectivity index (χ1n) is 6.01. The maximum atomic E-state index is 13.8. The van der Waals surface area contributed by atoms with Crippen LogP contribution in [0, 0.1) is 11.6 Å². The van der Waals surface area contributed by atoms with Crippen LogP contribution in [0.25, 0.3) is 0 Å². The highest BCUT2D eigenvalue weighted by molar-refractivity contribution is 9.10. The molecule has 1 atom stereocenters. The molecule has 0 aliphatic carbocycles. The van der Waals surface area contributed by atoms with Gasteiger partial charge < -0.3 is 9.84 Å². The van der Waals surface area contributed by atoms with E-state index in [9.17, 15) is 13.9 Å². The summed E-state index contributed by atoms with van der Waals surface area (Å²) in [5.74, 6) is -0.805. The lowest BCUT2D eigenvalue weighted by Gasteiger charge is -2.10. The Balaban J connectivity index is 2.09. The van der Waals surface area contributed by atoms with Crippen LogP contribution in [0.3, 0.4) is 0 Å². The van der Waals surface area contributed by atoms with Gasteiger partial charge in [-0.2, -0.15) is 0 Å². The molecular formula is C15H13BrF2O2. The zero-order valence-electron chi connectivity index (χ0n) is 10.7. The number of halogens is 3. The maximum absolute atomic E-state index is 13.8. The normalized spacial score (nSPS) is 12.2. The minimum Gasteiger partial charge on any atom is -0.486 e. The molecule has 0 radical (unpaired) electrons. The van der Waals surface area contributed by atoms with Crippen molar-refractivity contribution in [2.75, 3.05) is 0 Å². The molecule has 1 N–H and O–H groups in total. The van der Waals surface area contributed by atoms with Gasteiger partial charge in [-0.15, -0.1) is 0 Å². The molecule has 0 fully saturated rings. The third kappa shape index (κ3) is 3.55. The van der Waals surface area contributed by atoms with Crippen LogP contribution in [0.15, 0.2) is 40.9 Å². The van der Waals surface area contributed by atoms with E-state index >= 15 is 0 Å². The summed E-state index contributed by atoms with van der Waals surface area (Å²) in [4.78, 5) is 0. The van der Waals surface area contributed by atoms with Crippen molar-refractivity contribution in [3.05, 3.63) is 63.6 Å². The summed E-state index contributed by atoms with van der Waals surface area (Å²) >= 11 is 3.08. The van der Waals surface area contributed by atoms with E-state index in [1.165, 1.54) is 18.2 Å². The number of aliphatic hydroxyl groups excluding tert-OH is 1. The molecule has 0 aliphatic heterocycles. The van der Waals surface area contributed by atoms with Gasteiger partial charge in [-0.05, 0) is 58.2 Å². The second-order valence-electron chi connectivity index (χ2n) is 4.40. The SMILES string of the molecule is C[C@@H](O)c1ccc(OCc2ccc(F)c(Br)c2)c(F)c1. The number of hydrogen-bond donors (Lipinski definition) is 1. The molecule has 20 heavy (non-hydrogen) atoms. The van der Waals surface area contributed by atoms with E-state index < -0.39 is 11.9 Å². The largest absolute Gasteiger partial charge is 0.486 e. The molecule has 0 bridgehead atoms. The molecule has 0 aromatic heterocycles. The molecule has 5 heteroatoms. The van der Waals surface area contributed by atoms with Crippen LogP contribution in [-0.4, -0.2) is 5.11 Å². The second-order valence-corrected chi connectivity index (χ2v) is 5.26. The molecule has 2 rings (SSSR count). The average molecular weight is 343 g/mol. The fourth-order valence-electron chi connectivity index (χ4n) is 1.68. The van der Waals surface area contributed by atoms with Crippen molar-refractivity contribution in [1.82, 2.24) is 0 Å². The Morgan fingerprint density at radius 2 is 1.90 bits per heavy atom. The number of hydrogen-bond acceptors (Lipinski definition) is 2. The van der Waals surface area contributed by atoms with E-state index in [0.29, 0.717) is 10.0 Å². The molecule has 2 aromatic carbocycles. The van der Waals surface area contributed by atoms with Gasteiger partial charge in [0.2, 0.25) is 0 Å². The molecule has 0 amide bonds. The molecular weight excluding hydrogens is 330 g/mol. The van der Waals surface area contributed by atoms with Crippen LogP contribution < -0.4 is 4.74 Å². The monoisotopic (exact) mass is 342 g/mol. The van der Waals surface area contributed by atoms with Crippen LogP contribution in [0.5, 0.6) is 5.75 Å². The highest BCUT2D eigenvalue weighted by Gasteiger charge is 2.08. The van der Waals surface area contributed by atoms with E-state index in [2.05, 4.69) is 15.9 Å². The van der Waals surface area contributed by atoms with E-state index in [1.54, 1.807) is 25.1 Å². The van der Waals surface area contributed by atoms with Gasteiger partial charge in [-0.1, -0.05) is 12.1 Å². The predicted octanol–water partition coefficient (Wildman–Crippen LogP) is 4.36. The number of aliphatic hydroxyl groups is 1. The van der Waals surface area contributed by atoms with E-state index in [-0.39, 0.29) is 18.2 Å². The topological polar surface area (TPSA) is 29.5 Å². The highest BCUT2D eigenvalue weighted by atomic mass is 79.9. The van der Waals surface area contributed by atoms with Crippen molar-refractivity contribution < 1.29 is 18.6 Å². The standard InChI is InChI=1S/C15H13BrF2O2/c1-9(19)11-3-5-15(14(18)7-11)20-8-10-2-4-13(17)12(16)6-10/h2-7,9,19H,8H2,1H3/t9-/m1/s1. The van der Waals surface area contributed by atoms with E-state index in [1.807, 2.05) is 0 Å². The molecule has 0 saturated heterocycles. The van der Waals surface area contributed by atoms with Crippen molar-refractivity contribution in [2.45, 2.75) is 19.6 Å². The molecule has 0 unspecified atom stereocenters. The van der Waals surface area contributed by atoms with Gasteiger partial charge in [-0.25, -0.2) is 8.78 Å². The van der Waals surface area contributed by atoms with E-state index in [0.717, 1.165) is 5.56 Å². The molecule has 106 valence electrons. The summed E-state index contributed by atoms with van der Waals surface area (Å²) < 4.78 is 32.5. The summed E-state index contributed by atoms with van der Waals surface area (Å²) in [6.07, 6.45) is -0.730. The first kappa shape index (κ1) is 14.9. The second kappa shape index (κ2) is 6.33. The lowest BCUT2D eigenvalue weighted by Crippen LogP contribution is -1.99. The van der Waals surface area contributed by atoms with Crippen LogP contribution in [-0.2, 0) is 6.61 Å². The Morgan fingerprint density at radius 3 is 2.50 bits per heavy atom. The minimum atomic E-state index is -0.730. The molecule has 0 spiro atoms. The molecule has 0 heterocycles. The fraction of sp³-hybridized carbons (Fsp3) is 0.200. The summed E-state index contributed by atoms with van der Waals surface area (Å²) in [5.41, 5.74) is 1.21. The Labute approximate surface area is 124 Å². The van der Waals surface area contributed by atoms with Gasteiger partial charge in [0.25, 0.3) is 0 Å². The highest BCUT2D eigenvalue weighted by Crippen LogP contribution is 2.23. The Morgan fingerprint density at radius 1 is 1.15 bits per heavy atom. The van der Waals surface area contributed by atoms with Crippen molar-refractivity contribution in [1.29, 1.82) is 0 Å². The third-order valence-electron chi connectivity index (χ3n) is 2.82. The van der Waals surface area contributed by atoms with Gasteiger partial charge in [0, 0.05) is 0 Å². The number of rotatable bonds is 4. The van der Waals surface area contributed by atoms with Gasteiger partial charge in [0.1, 0.15) is 12.4 Å². The van der Waals surface area contributed by atoms with Crippen molar-refractivity contribution in [3.8, 4) is 5.75 Å². The van der Waals surface area contributed by atoms with Crippen LogP contribution >= 0.6 is 15.9 Å². The average Bonchev–Trinajstić information content (AvgIpc) is 2.41. The number of benzene rings is 2. The van der Waals surface area contributed by atoms with Crippen LogP contribution in [0.4, 0.5) is 8.78 Å². The zero-order valence-corrected chi connectivity index (χ0v) is 12.3. The maximum Gasteiger partial charge on any atom is 0.165 e. The van der Waals surface area contributed by atoms with Crippen molar-refractivity contribution in [2.24, 2.45) is 0 Å². The lowest BCUT2D eigenvalue weighted by atomic mass is 10.1. The van der Waals surface area contributed by atoms with Crippen LogP contribution in [0.2, 0.25) is 0 Å². The Hall–Kier alpha value is -1.46. The summed E-state index contributed by atoms with van der Waals surface area (Å²) in [6, 6.07) is 8.77. The summed E-state index contributed by atoms with van der Waals surface area (Å²) in [6.45, 7) is 1.69. The Bertz CT molecular complexity index is 615. The van der Waals surface area contributed by atoms with Gasteiger partial charge in [-0.3, -0.25) is 0 Å². The lowest BCUT2D eigenvalue weighted by molar-refractivity contribution is 0.198. The van der Waals surface area contributed by atoms with Gasteiger partial charge >= 0.3 is 0 Å². The van der Waals surface area contributed by atoms with Crippen molar-refractivity contribution in [3.63, 3.8) is 0 Å². The van der Waals surface area contributed by atoms with Gasteiger partial charge in [0.15, 0.2) is 11.6 Å². The first-order chi connectivity index (χ1) is 9.47. The first-order valence-corrected chi connectivity index (χ1v) is 6.81. The van der Waals surface area contributed by atoms with Crippen molar-refractivity contribution >= 4 is 15.9 Å². The number of ether oxygens (including phenoxy) is 1. The predicted molar refractivity (Wildman–Crippen MR) is 75.5 cm³/mol. The molecule has 0 aliphatic rings. The molecule has 2 nitrogen and oxygen atoms in total. The quantitative estimate of drug-likeness (QED) is 0.894. The smallest absolute Gasteiger partial charge is 0.165 e. The van der Waals surface area contributed by atoms with E-state index in [4.69, 9.17) is 4.74 Å². The summed E-state index contributed by atoms with van der Waals surface area (Å²) in [7, 11) is 0. The third-order valence-corrected chi connectivity index (χ3v) is 3.42. The fourth-order valence-corrected chi connectivity index (χ4v) is 2.11.